The molecule has 0 spiro atoms. The van der Waals surface area contributed by atoms with E-state index in [1.807, 2.05) is 48.5 Å². The molecule has 4 aromatic rings. The maximum Gasteiger partial charge on any atom is 0.132 e. The smallest absolute Gasteiger partial charge is 0.132 e. The zero-order chi connectivity index (χ0) is 26.5. The first-order chi connectivity index (χ1) is 18.4. The lowest BCUT2D eigenvalue weighted by Gasteiger charge is -2.44. The van der Waals surface area contributed by atoms with E-state index in [2.05, 4.69) is 74.6 Å². The number of hydrogen-bond acceptors (Lipinski definition) is 4. The average molecular weight is 528 g/mol. The molecule has 5 rings (SSSR count). The molecule has 1 heterocycles. The Morgan fingerprint density at radius 1 is 0.789 bits per heavy atom. The van der Waals surface area contributed by atoms with Crippen molar-refractivity contribution in [3.05, 3.63) is 130 Å². The van der Waals surface area contributed by atoms with Gasteiger partial charge in [0.05, 0.1) is 13.2 Å². The molecule has 1 aliphatic rings. The highest BCUT2D eigenvalue weighted by molar-refractivity contribution is 6.30. The van der Waals surface area contributed by atoms with Crippen LogP contribution in [0.15, 0.2) is 97.1 Å². The van der Waals surface area contributed by atoms with Crippen LogP contribution in [0, 0.1) is 6.92 Å². The first-order valence-corrected chi connectivity index (χ1v) is 13.4. The van der Waals surface area contributed by atoms with Gasteiger partial charge < -0.3 is 19.5 Å². The van der Waals surface area contributed by atoms with Crippen LogP contribution in [0.1, 0.15) is 47.8 Å². The minimum absolute atomic E-state index is 0.325. The molecule has 0 amide bonds. The van der Waals surface area contributed by atoms with E-state index in [1.54, 1.807) is 0 Å². The summed E-state index contributed by atoms with van der Waals surface area (Å²) in [6, 6.07) is 32.8. The van der Waals surface area contributed by atoms with Crippen LogP contribution in [0.4, 0.5) is 5.69 Å². The Hall–Kier alpha value is -3.31. The summed E-state index contributed by atoms with van der Waals surface area (Å²) in [5, 5.41) is 4.25. The van der Waals surface area contributed by atoms with Crippen molar-refractivity contribution < 1.29 is 14.2 Å². The van der Waals surface area contributed by atoms with Gasteiger partial charge in [-0.3, -0.25) is 0 Å². The van der Waals surface area contributed by atoms with Crippen molar-refractivity contribution in [2.75, 3.05) is 5.32 Å². The van der Waals surface area contributed by atoms with Crippen LogP contribution >= 0.6 is 11.6 Å². The SMILES string of the molecule is Cc1ccc(CNc2ccc3c(c2)C(OCc2ccccc2)C(OCc2cccc(Cl)c2)C(C)(C)O3)cc1. The number of rotatable bonds is 9. The zero-order valence-corrected chi connectivity index (χ0v) is 22.9. The van der Waals surface area contributed by atoms with Gasteiger partial charge in [-0.15, -0.1) is 0 Å². The molecular weight excluding hydrogens is 494 g/mol. The molecule has 196 valence electrons. The van der Waals surface area contributed by atoms with Gasteiger partial charge in [0.1, 0.15) is 23.6 Å². The minimum Gasteiger partial charge on any atom is -0.485 e. The molecule has 0 bridgehead atoms. The molecular formula is C33H34ClNO3. The topological polar surface area (TPSA) is 39.7 Å². The molecule has 1 aliphatic heterocycles. The van der Waals surface area contributed by atoms with Crippen LogP contribution in [0.5, 0.6) is 5.75 Å². The Balaban J connectivity index is 1.42. The van der Waals surface area contributed by atoms with Gasteiger partial charge in [-0.25, -0.2) is 0 Å². The van der Waals surface area contributed by atoms with Gasteiger partial charge in [-0.2, -0.15) is 0 Å². The molecule has 38 heavy (non-hydrogen) atoms. The second kappa shape index (κ2) is 11.6. The Morgan fingerprint density at radius 2 is 1.53 bits per heavy atom. The van der Waals surface area contributed by atoms with Gasteiger partial charge in [-0.05, 0) is 67.8 Å². The molecule has 2 atom stereocenters. The quantitative estimate of drug-likeness (QED) is 0.238. The van der Waals surface area contributed by atoms with Crippen molar-refractivity contribution in [3.8, 4) is 5.75 Å². The molecule has 0 fully saturated rings. The van der Waals surface area contributed by atoms with Crippen molar-refractivity contribution in [2.45, 2.75) is 58.3 Å². The molecule has 0 aliphatic carbocycles. The lowest BCUT2D eigenvalue weighted by Crippen LogP contribution is -2.50. The Morgan fingerprint density at radius 3 is 2.29 bits per heavy atom. The van der Waals surface area contributed by atoms with Crippen molar-refractivity contribution in [1.29, 1.82) is 0 Å². The highest BCUT2D eigenvalue weighted by atomic mass is 35.5. The van der Waals surface area contributed by atoms with Crippen molar-refractivity contribution in [3.63, 3.8) is 0 Å². The first-order valence-electron chi connectivity index (χ1n) is 13.0. The first kappa shape index (κ1) is 26.3. The summed E-state index contributed by atoms with van der Waals surface area (Å²) in [7, 11) is 0. The van der Waals surface area contributed by atoms with Crippen LogP contribution in [0.3, 0.4) is 0 Å². The highest BCUT2D eigenvalue weighted by Gasteiger charge is 2.45. The fraction of sp³-hybridized carbons (Fsp3) is 0.273. The predicted molar refractivity (Wildman–Crippen MR) is 154 cm³/mol. The normalized spacial score (nSPS) is 17.9. The summed E-state index contributed by atoms with van der Waals surface area (Å²) in [5.74, 6) is 0.816. The van der Waals surface area contributed by atoms with Crippen molar-refractivity contribution >= 4 is 17.3 Å². The van der Waals surface area contributed by atoms with Crippen LogP contribution < -0.4 is 10.1 Å². The number of fused-ring (bicyclic) bond motifs is 1. The third-order valence-corrected chi connectivity index (χ3v) is 7.09. The third-order valence-electron chi connectivity index (χ3n) is 6.86. The third kappa shape index (κ3) is 6.39. The van der Waals surface area contributed by atoms with Crippen LogP contribution in [0.25, 0.3) is 0 Å². The number of ether oxygens (including phenoxy) is 3. The van der Waals surface area contributed by atoms with Gasteiger partial charge in [0.25, 0.3) is 0 Å². The van der Waals surface area contributed by atoms with Gasteiger partial charge in [0.15, 0.2) is 0 Å². The summed E-state index contributed by atoms with van der Waals surface area (Å²) < 4.78 is 19.7. The molecule has 2 unspecified atom stereocenters. The highest BCUT2D eigenvalue weighted by Crippen LogP contribution is 2.45. The number of halogens is 1. The zero-order valence-electron chi connectivity index (χ0n) is 22.1. The standard InChI is InChI=1S/C33H34ClNO3/c1-23-12-14-24(15-13-23)20-35-28-16-17-30-29(19-28)31(36-21-25-8-5-4-6-9-25)32(33(2,3)38-30)37-22-26-10-7-11-27(34)18-26/h4-19,31-32,35H,20-22H2,1-3H3. The van der Waals surface area contributed by atoms with Crippen LogP contribution in [-0.2, 0) is 29.2 Å². The van der Waals surface area contributed by atoms with E-state index >= 15 is 0 Å². The molecule has 4 nitrogen and oxygen atoms in total. The van der Waals surface area contributed by atoms with Gasteiger partial charge >= 0.3 is 0 Å². The lowest BCUT2D eigenvalue weighted by atomic mass is 9.87. The molecule has 0 aromatic heterocycles. The summed E-state index contributed by atoms with van der Waals surface area (Å²) in [5.41, 5.74) is 5.98. The van der Waals surface area contributed by atoms with Crippen LogP contribution in [0.2, 0.25) is 5.02 Å². The maximum absolute atomic E-state index is 6.63. The van der Waals surface area contributed by atoms with Crippen LogP contribution in [-0.4, -0.2) is 11.7 Å². The number of nitrogens with one attached hydrogen (secondary N) is 1. The molecule has 0 saturated heterocycles. The largest absolute Gasteiger partial charge is 0.485 e. The second-order valence-electron chi connectivity index (χ2n) is 10.4. The van der Waals surface area contributed by atoms with E-state index in [0.717, 1.165) is 34.7 Å². The van der Waals surface area contributed by atoms with E-state index < -0.39 is 5.60 Å². The Labute approximate surface area is 230 Å². The summed E-state index contributed by atoms with van der Waals surface area (Å²) in [4.78, 5) is 0. The van der Waals surface area contributed by atoms with Gasteiger partial charge in [-0.1, -0.05) is 83.9 Å². The predicted octanol–water partition coefficient (Wildman–Crippen LogP) is 8.27. The van der Waals surface area contributed by atoms with Crippen molar-refractivity contribution in [2.24, 2.45) is 0 Å². The molecule has 5 heteroatoms. The second-order valence-corrected chi connectivity index (χ2v) is 10.8. The van der Waals surface area contributed by atoms with Gasteiger partial charge in [0.2, 0.25) is 0 Å². The minimum atomic E-state index is -0.607. The van der Waals surface area contributed by atoms with E-state index in [4.69, 9.17) is 25.8 Å². The van der Waals surface area contributed by atoms with E-state index in [-0.39, 0.29) is 12.2 Å². The molecule has 0 radical (unpaired) electrons. The van der Waals surface area contributed by atoms with E-state index in [9.17, 15) is 0 Å². The van der Waals surface area contributed by atoms with Crippen molar-refractivity contribution in [1.82, 2.24) is 0 Å². The Kier molecular flexibility index (Phi) is 8.04. The number of anilines is 1. The fourth-order valence-electron chi connectivity index (χ4n) is 4.79. The summed E-state index contributed by atoms with van der Waals surface area (Å²) in [6.45, 7) is 7.82. The number of aryl methyl sites for hydroxylation is 1. The molecule has 0 saturated carbocycles. The summed E-state index contributed by atoms with van der Waals surface area (Å²) in [6.07, 6.45) is -0.667. The monoisotopic (exact) mass is 527 g/mol. The molecule has 4 aromatic carbocycles. The maximum atomic E-state index is 6.63. The van der Waals surface area contributed by atoms with E-state index in [0.29, 0.717) is 18.2 Å². The summed E-state index contributed by atoms with van der Waals surface area (Å²) >= 11 is 6.22. The fourth-order valence-corrected chi connectivity index (χ4v) is 5.00. The number of hydrogen-bond donors (Lipinski definition) is 1. The Bertz CT molecular complexity index is 1350. The van der Waals surface area contributed by atoms with Gasteiger partial charge in [0, 0.05) is 22.8 Å². The average Bonchev–Trinajstić information content (AvgIpc) is 2.91. The number of benzene rings is 4. The molecule has 1 N–H and O–H groups in total. The lowest BCUT2D eigenvalue weighted by molar-refractivity contribution is -0.170. The van der Waals surface area contributed by atoms with E-state index in [1.165, 1.54) is 11.1 Å².